The highest BCUT2D eigenvalue weighted by Gasteiger charge is 2.46. The van der Waals surface area contributed by atoms with Crippen molar-refractivity contribution in [2.45, 2.75) is 61.5 Å². The maximum absolute atomic E-state index is 13.0. The lowest BCUT2D eigenvalue weighted by Gasteiger charge is -2.38. The van der Waals surface area contributed by atoms with Gasteiger partial charge < -0.3 is 4.90 Å². The predicted molar refractivity (Wildman–Crippen MR) is 83.1 cm³/mol. The summed E-state index contributed by atoms with van der Waals surface area (Å²) in [5.74, 6) is 0. The summed E-state index contributed by atoms with van der Waals surface area (Å²) >= 11 is 0. The minimum atomic E-state index is -3.41. The van der Waals surface area contributed by atoms with Crippen LogP contribution in [0.3, 0.4) is 0 Å². The third-order valence-corrected chi connectivity index (χ3v) is 7.41. The molecule has 122 valence electrons. The predicted octanol–water partition coefficient (Wildman–Crippen LogP) is 1.47. The number of sulfonamides is 1. The van der Waals surface area contributed by atoms with Crippen LogP contribution < -0.4 is 0 Å². The Hall–Kier alpha value is -0.920. The first kappa shape index (κ1) is 14.7. The number of fused-ring (bicyclic) bond motifs is 2. The van der Waals surface area contributed by atoms with Crippen molar-refractivity contribution < 1.29 is 8.42 Å². The third-order valence-electron chi connectivity index (χ3n) is 5.45. The molecule has 0 aromatic carbocycles. The van der Waals surface area contributed by atoms with Crippen LogP contribution in [0.5, 0.6) is 0 Å². The minimum absolute atomic E-state index is 0.128. The highest BCUT2D eigenvalue weighted by molar-refractivity contribution is 7.89. The molecule has 2 saturated heterocycles. The van der Waals surface area contributed by atoms with Crippen LogP contribution in [0.4, 0.5) is 0 Å². The van der Waals surface area contributed by atoms with E-state index in [0.717, 1.165) is 38.8 Å². The number of rotatable bonds is 3. The van der Waals surface area contributed by atoms with Crippen molar-refractivity contribution in [3.63, 3.8) is 0 Å². The number of likely N-dealkylation sites (tertiary alicyclic amines) is 1. The van der Waals surface area contributed by atoms with Crippen LogP contribution in [0.15, 0.2) is 17.3 Å². The van der Waals surface area contributed by atoms with E-state index in [-0.39, 0.29) is 12.1 Å². The summed E-state index contributed by atoms with van der Waals surface area (Å²) in [5, 5.41) is 4.35. The van der Waals surface area contributed by atoms with Gasteiger partial charge in [0.15, 0.2) is 0 Å². The van der Waals surface area contributed by atoms with Gasteiger partial charge in [0.1, 0.15) is 4.90 Å². The Balaban J connectivity index is 1.61. The number of piperazine rings is 1. The molecular formula is C15H24N4O2S. The van der Waals surface area contributed by atoms with Gasteiger partial charge in [-0.05, 0) is 32.7 Å². The van der Waals surface area contributed by atoms with E-state index >= 15 is 0 Å². The second kappa shape index (κ2) is 5.32. The average Bonchev–Trinajstić information content (AvgIpc) is 3.17. The molecule has 1 saturated carbocycles. The number of hydrogen-bond acceptors (Lipinski definition) is 4. The van der Waals surface area contributed by atoms with Crippen LogP contribution in [-0.2, 0) is 10.0 Å². The summed E-state index contributed by atoms with van der Waals surface area (Å²) in [6.45, 7) is 1.68. The third kappa shape index (κ3) is 2.30. The van der Waals surface area contributed by atoms with Crippen LogP contribution in [0.1, 0.15) is 44.6 Å². The Labute approximate surface area is 132 Å². The lowest BCUT2D eigenvalue weighted by Crippen LogP contribution is -2.54. The summed E-state index contributed by atoms with van der Waals surface area (Å²) in [4.78, 5) is 2.62. The fraction of sp³-hybridized carbons (Fsp3) is 0.800. The number of likely N-dealkylation sites (N-methyl/N-ethyl adjacent to an activating group) is 1. The van der Waals surface area contributed by atoms with E-state index < -0.39 is 10.0 Å². The second-order valence-corrected chi connectivity index (χ2v) is 8.88. The Morgan fingerprint density at radius 2 is 1.68 bits per heavy atom. The highest BCUT2D eigenvalue weighted by Crippen LogP contribution is 2.35. The number of aromatic nitrogens is 2. The summed E-state index contributed by atoms with van der Waals surface area (Å²) in [6.07, 6.45) is 9.91. The molecule has 0 N–H and O–H groups in total. The smallest absolute Gasteiger partial charge is 0.246 e. The van der Waals surface area contributed by atoms with Gasteiger partial charge in [0.2, 0.25) is 10.0 Å². The van der Waals surface area contributed by atoms with Gasteiger partial charge in [-0.25, -0.2) is 8.42 Å². The zero-order chi connectivity index (χ0) is 15.3. The molecule has 1 aromatic rings. The largest absolute Gasteiger partial charge is 0.303 e. The van der Waals surface area contributed by atoms with Crippen LogP contribution in [-0.4, -0.2) is 59.6 Å². The van der Waals surface area contributed by atoms with Crippen LogP contribution in [0, 0.1) is 0 Å². The molecule has 2 atom stereocenters. The zero-order valence-corrected chi connectivity index (χ0v) is 13.9. The van der Waals surface area contributed by atoms with E-state index in [2.05, 4.69) is 17.0 Å². The molecule has 1 aliphatic carbocycles. The Bertz CT molecular complexity index is 636. The van der Waals surface area contributed by atoms with Gasteiger partial charge in [-0.2, -0.15) is 9.40 Å². The fourth-order valence-electron chi connectivity index (χ4n) is 4.41. The summed E-state index contributed by atoms with van der Waals surface area (Å²) < 4.78 is 29.7. The van der Waals surface area contributed by atoms with Crippen molar-refractivity contribution >= 4 is 10.0 Å². The van der Waals surface area contributed by atoms with Crippen molar-refractivity contribution in [3.8, 4) is 0 Å². The quantitative estimate of drug-likeness (QED) is 0.845. The molecule has 0 amide bonds. The molecule has 2 unspecified atom stereocenters. The molecule has 2 aliphatic heterocycles. The molecule has 3 heterocycles. The van der Waals surface area contributed by atoms with Gasteiger partial charge in [-0.3, -0.25) is 4.68 Å². The average molecular weight is 324 g/mol. The van der Waals surface area contributed by atoms with Crippen molar-refractivity contribution in [3.05, 3.63) is 12.4 Å². The van der Waals surface area contributed by atoms with Gasteiger partial charge in [-0.15, -0.1) is 0 Å². The van der Waals surface area contributed by atoms with E-state index in [1.54, 1.807) is 16.7 Å². The maximum atomic E-state index is 13.0. The summed E-state index contributed by atoms with van der Waals surface area (Å²) in [6, 6.07) is 0.639. The molecule has 1 aromatic heterocycles. The Morgan fingerprint density at radius 1 is 1.05 bits per heavy atom. The van der Waals surface area contributed by atoms with Crippen molar-refractivity contribution in [2.24, 2.45) is 0 Å². The topological polar surface area (TPSA) is 58.4 Å². The molecule has 3 aliphatic rings. The lowest BCUT2D eigenvalue weighted by atomic mass is 10.2. The van der Waals surface area contributed by atoms with Crippen LogP contribution in [0.25, 0.3) is 0 Å². The van der Waals surface area contributed by atoms with Gasteiger partial charge in [0.25, 0.3) is 0 Å². The zero-order valence-electron chi connectivity index (χ0n) is 13.1. The fourth-order valence-corrected chi connectivity index (χ4v) is 6.21. The van der Waals surface area contributed by atoms with Crippen molar-refractivity contribution in [1.82, 2.24) is 19.0 Å². The first-order valence-corrected chi connectivity index (χ1v) is 9.76. The van der Waals surface area contributed by atoms with Gasteiger partial charge in [0, 0.05) is 31.4 Å². The SMILES string of the molecule is CN1CC2CCC(C1)N2S(=O)(=O)c1cnn(C2CCCC2)c1. The van der Waals surface area contributed by atoms with Gasteiger partial charge in [-0.1, -0.05) is 12.8 Å². The molecule has 7 heteroatoms. The van der Waals surface area contributed by atoms with Crippen LogP contribution in [0.2, 0.25) is 0 Å². The molecule has 6 nitrogen and oxygen atoms in total. The number of hydrogen-bond donors (Lipinski definition) is 0. The number of nitrogens with zero attached hydrogens (tertiary/aromatic N) is 4. The highest BCUT2D eigenvalue weighted by atomic mass is 32.2. The van der Waals surface area contributed by atoms with E-state index in [9.17, 15) is 8.42 Å². The van der Waals surface area contributed by atoms with E-state index in [0.29, 0.717) is 10.9 Å². The molecule has 0 radical (unpaired) electrons. The normalized spacial score (nSPS) is 31.1. The molecule has 3 fully saturated rings. The van der Waals surface area contributed by atoms with E-state index in [4.69, 9.17) is 0 Å². The minimum Gasteiger partial charge on any atom is -0.303 e. The monoisotopic (exact) mass is 324 g/mol. The first-order chi connectivity index (χ1) is 10.6. The summed E-state index contributed by atoms with van der Waals surface area (Å²) in [7, 11) is -1.33. The molecule has 22 heavy (non-hydrogen) atoms. The maximum Gasteiger partial charge on any atom is 0.246 e. The Morgan fingerprint density at radius 3 is 2.32 bits per heavy atom. The standard InChI is InChI=1S/C15H24N4O2S/c1-17-9-13-6-7-14(10-17)19(13)22(20,21)15-8-16-18(11-15)12-4-2-3-5-12/h8,11-14H,2-7,9-10H2,1H3. The molecule has 0 spiro atoms. The first-order valence-electron chi connectivity index (χ1n) is 8.32. The lowest BCUT2D eigenvalue weighted by molar-refractivity contribution is 0.154. The Kier molecular flexibility index (Phi) is 3.54. The van der Waals surface area contributed by atoms with Gasteiger partial charge in [0.05, 0.1) is 12.2 Å². The van der Waals surface area contributed by atoms with Gasteiger partial charge >= 0.3 is 0 Å². The van der Waals surface area contributed by atoms with Crippen molar-refractivity contribution in [1.29, 1.82) is 0 Å². The van der Waals surface area contributed by atoms with Crippen LogP contribution >= 0.6 is 0 Å². The van der Waals surface area contributed by atoms with E-state index in [1.165, 1.54) is 12.8 Å². The molecular weight excluding hydrogens is 300 g/mol. The van der Waals surface area contributed by atoms with Crippen molar-refractivity contribution in [2.75, 3.05) is 20.1 Å². The molecule has 2 bridgehead atoms. The molecule has 4 rings (SSSR count). The van der Waals surface area contributed by atoms with E-state index in [1.807, 2.05) is 4.68 Å². The summed E-state index contributed by atoms with van der Waals surface area (Å²) in [5.41, 5.74) is 0. The second-order valence-electron chi connectivity index (χ2n) is 7.04.